The Labute approximate surface area is 156 Å². The second-order valence-electron chi connectivity index (χ2n) is 5.38. The predicted octanol–water partition coefficient (Wildman–Crippen LogP) is 5.41. The zero-order chi connectivity index (χ0) is 17.8. The van der Waals surface area contributed by atoms with Gasteiger partial charge in [-0.25, -0.2) is 4.98 Å². The fraction of sp³-hybridized carbons (Fsp3) is 0.0526. The first kappa shape index (κ1) is 17.3. The summed E-state index contributed by atoms with van der Waals surface area (Å²) < 4.78 is 0. The number of benzene rings is 2. The molecule has 3 rings (SSSR count). The number of rotatable bonds is 4. The number of pyridine rings is 1. The first-order valence-corrected chi connectivity index (χ1v) is 8.31. The van der Waals surface area contributed by atoms with Gasteiger partial charge < -0.3 is 10.2 Å². The van der Waals surface area contributed by atoms with E-state index in [4.69, 9.17) is 23.2 Å². The van der Waals surface area contributed by atoms with Gasteiger partial charge in [0.05, 0.1) is 21.9 Å². The molecule has 126 valence electrons. The largest absolute Gasteiger partial charge is 0.329 e. The van der Waals surface area contributed by atoms with Gasteiger partial charge in [-0.15, -0.1) is 0 Å². The number of carbonyl (C=O) groups is 1. The Morgan fingerprint density at radius 1 is 1.00 bits per heavy atom. The van der Waals surface area contributed by atoms with Gasteiger partial charge in [0.25, 0.3) is 5.91 Å². The van der Waals surface area contributed by atoms with Crippen molar-refractivity contribution in [3.63, 3.8) is 0 Å². The molecule has 1 N–H and O–H groups in total. The summed E-state index contributed by atoms with van der Waals surface area (Å²) in [5, 5.41) is 3.54. The van der Waals surface area contributed by atoms with E-state index in [0.29, 0.717) is 21.3 Å². The Kier molecular flexibility index (Phi) is 5.22. The Hall–Kier alpha value is -2.56. The maximum Gasteiger partial charge on any atom is 0.255 e. The van der Waals surface area contributed by atoms with E-state index in [1.165, 1.54) is 6.07 Å². The van der Waals surface area contributed by atoms with Crippen LogP contribution in [0.3, 0.4) is 0 Å². The number of anilines is 3. The molecular formula is C19H15Cl2N3O. The van der Waals surface area contributed by atoms with Crippen LogP contribution in [0.15, 0.2) is 66.9 Å². The molecule has 0 unspecified atom stereocenters. The van der Waals surface area contributed by atoms with Crippen molar-refractivity contribution in [2.24, 2.45) is 0 Å². The molecule has 1 aromatic heterocycles. The van der Waals surface area contributed by atoms with Crippen LogP contribution in [-0.4, -0.2) is 17.9 Å². The SMILES string of the molecule is CN(c1ccccc1)c1ccc(NC(=O)c2ccc(Cl)c(Cl)c2)cn1. The molecule has 0 atom stereocenters. The van der Waals surface area contributed by atoms with E-state index in [0.717, 1.165) is 11.5 Å². The Balaban J connectivity index is 1.72. The maximum absolute atomic E-state index is 12.3. The minimum absolute atomic E-state index is 0.274. The van der Waals surface area contributed by atoms with E-state index in [1.807, 2.05) is 48.3 Å². The van der Waals surface area contributed by atoms with Crippen molar-refractivity contribution < 1.29 is 4.79 Å². The predicted molar refractivity (Wildman–Crippen MR) is 103 cm³/mol. The van der Waals surface area contributed by atoms with Crippen LogP contribution < -0.4 is 10.2 Å². The molecule has 2 aromatic carbocycles. The van der Waals surface area contributed by atoms with E-state index in [1.54, 1.807) is 24.4 Å². The van der Waals surface area contributed by atoms with Crippen molar-refractivity contribution in [1.82, 2.24) is 4.98 Å². The average Bonchev–Trinajstić information content (AvgIpc) is 2.64. The van der Waals surface area contributed by atoms with E-state index in [-0.39, 0.29) is 5.91 Å². The molecule has 25 heavy (non-hydrogen) atoms. The normalized spacial score (nSPS) is 10.4. The van der Waals surface area contributed by atoms with Crippen LogP contribution in [-0.2, 0) is 0 Å². The minimum Gasteiger partial charge on any atom is -0.329 e. The second-order valence-corrected chi connectivity index (χ2v) is 6.20. The minimum atomic E-state index is -0.274. The molecule has 1 heterocycles. The van der Waals surface area contributed by atoms with Crippen LogP contribution in [0, 0.1) is 0 Å². The maximum atomic E-state index is 12.3. The zero-order valence-electron chi connectivity index (χ0n) is 13.4. The van der Waals surface area contributed by atoms with Crippen molar-refractivity contribution in [2.45, 2.75) is 0 Å². The van der Waals surface area contributed by atoms with Crippen LogP contribution in [0.5, 0.6) is 0 Å². The summed E-state index contributed by atoms with van der Waals surface area (Å²) in [5.41, 5.74) is 2.06. The van der Waals surface area contributed by atoms with Crippen LogP contribution in [0.4, 0.5) is 17.2 Å². The number of halogens is 2. The highest BCUT2D eigenvalue weighted by Gasteiger charge is 2.10. The third-order valence-corrected chi connectivity index (χ3v) is 4.41. The van der Waals surface area contributed by atoms with Crippen LogP contribution in [0.1, 0.15) is 10.4 Å². The summed E-state index contributed by atoms with van der Waals surface area (Å²) in [7, 11) is 1.94. The smallest absolute Gasteiger partial charge is 0.255 e. The van der Waals surface area contributed by atoms with Gasteiger partial charge in [-0.1, -0.05) is 41.4 Å². The van der Waals surface area contributed by atoms with Gasteiger partial charge in [0.15, 0.2) is 0 Å². The molecule has 0 aliphatic rings. The van der Waals surface area contributed by atoms with Gasteiger partial charge in [-0.2, -0.15) is 0 Å². The Morgan fingerprint density at radius 3 is 2.40 bits per heavy atom. The highest BCUT2D eigenvalue weighted by molar-refractivity contribution is 6.42. The summed E-state index contributed by atoms with van der Waals surface area (Å²) >= 11 is 11.8. The molecule has 0 aliphatic carbocycles. The fourth-order valence-corrected chi connectivity index (χ4v) is 2.58. The molecule has 3 aromatic rings. The third-order valence-electron chi connectivity index (χ3n) is 3.67. The van der Waals surface area contributed by atoms with Crippen molar-refractivity contribution in [3.05, 3.63) is 82.5 Å². The van der Waals surface area contributed by atoms with Crippen molar-refractivity contribution >= 4 is 46.3 Å². The number of amides is 1. The molecule has 0 spiro atoms. The van der Waals surface area contributed by atoms with Gasteiger partial charge in [0.1, 0.15) is 5.82 Å². The molecule has 4 nitrogen and oxygen atoms in total. The summed E-state index contributed by atoms with van der Waals surface area (Å²) in [6.45, 7) is 0. The molecule has 0 bridgehead atoms. The molecule has 0 radical (unpaired) electrons. The van der Waals surface area contributed by atoms with Crippen LogP contribution >= 0.6 is 23.2 Å². The number of aromatic nitrogens is 1. The first-order chi connectivity index (χ1) is 12.0. The lowest BCUT2D eigenvalue weighted by atomic mass is 10.2. The molecule has 0 saturated carbocycles. The number of nitrogens with one attached hydrogen (secondary N) is 1. The summed E-state index contributed by atoms with van der Waals surface area (Å²) in [4.78, 5) is 18.6. The molecule has 0 saturated heterocycles. The third kappa shape index (κ3) is 4.10. The lowest BCUT2D eigenvalue weighted by molar-refractivity contribution is 0.102. The van der Waals surface area contributed by atoms with E-state index in [9.17, 15) is 4.79 Å². The highest BCUT2D eigenvalue weighted by Crippen LogP contribution is 2.24. The molecule has 6 heteroatoms. The quantitative estimate of drug-likeness (QED) is 0.666. The van der Waals surface area contributed by atoms with E-state index >= 15 is 0 Å². The average molecular weight is 372 g/mol. The lowest BCUT2D eigenvalue weighted by Crippen LogP contribution is -2.13. The summed E-state index contributed by atoms with van der Waals surface area (Å²) in [5.74, 6) is 0.503. The van der Waals surface area contributed by atoms with Crippen molar-refractivity contribution in [2.75, 3.05) is 17.3 Å². The first-order valence-electron chi connectivity index (χ1n) is 7.56. The topological polar surface area (TPSA) is 45.2 Å². The van der Waals surface area contributed by atoms with Gasteiger partial charge in [-0.3, -0.25) is 4.79 Å². The Morgan fingerprint density at radius 2 is 1.76 bits per heavy atom. The Bertz CT molecular complexity index is 883. The van der Waals surface area contributed by atoms with Crippen molar-refractivity contribution in [1.29, 1.82) is 0 Å². The number of carbonyl (C=O) groups excluding carboxylic acids is 1. The monoisotopic (exact) mass is 371 g/mol. The molecule has 0 aliphatic heterocycles. The van der Waals surface area contributed by atoms with Gasteiger partial charge in [0, 0.05) is 18.3 Å². The van der Waals surface area contributed by atoms with Crippen molar-refractivity contribution in [3.8, 4) is 0 Å². The standard InChI is InChI=1S/C19H15Cl2N3O/c1-24(15-5-3-2-4-6-15)18-10-8-14(12-22-18)23-19(25)13-7-9-16(20)17(21)11-13/h2-12H,1H3,(H,23,25). The van der Waals surface area contributed by atoms with Crippen LogP contribution in [0.2, 0.25) is 10.0 Å². The zero-order valence-corrected chi connectivity index (χ0v) is 14.9. The van der Waals surface area contributed by atoms with E-state index < -0.39 is 0 Å². The second kappa shape index (κ2) is 7.55. The fourth-order valence-electron chi connectivity index (χ4n) is 2.28. The van der Waals surface area contributed by atoms with Gasteiger partial charge >= 0.3 is 0 Å². The lowest BCUT2D eigenvalue weighted by Gasteiger charge is -2.18. The molecule has 1 amide bonds. The number of hydrogen-bond donors (Lipinski definition) is 1. The number of hydrogen-bond acceptors (Lipinski definition) is 3. The number of para-hydroxylation sites is 1. The molecular weight excluding hydrogens is 357 g/mol. The highest BCUT2D eigenvalue weighted by atomic mass is 35.5. The van der Waals surface area contributed by atoms with Gasteiger partial charge in [-0.05, 0) is 42.5 Å². The summed E-state index contributed by atoms with van der Waals surface area (Å²) in [6, 6.07) is 18.3. The number of nitrogens with zero attached hydrogens (tertiary/aromatic N) is 2. The summed E-state index contributed by atoms with van der Waals surface area (Å²) in [6.07, 6.45) is 1.62. The van der Waals surface area contributed by atoms with Crippen LogP contribution in [0.25, 0.3) is 0 Å². The van der Waals surface area contributed by atoms with E-state index in [2.05, 4.69) is 10.3 Å². The van der Waals surface area contributed by atoms with Gasteiger partial charge in [0.2, 0.25) is 0 Å². The molecule has 0 fully saturated rings.